The van der Waals surface area contributed by atoms with E-state index in [0.29, 0.717) is 0 Å². The first-order valence-electron chi connectivity index (χ1n) is 8.48. The molecule has 0 N–H and O–H groups in total. The summed E-state index contributed by atoms with van der Waals surface area (Å²) in [6, 6.07) is 31.4. The Morgan fingerprint density at radius 1 is 0.867 bits per heavy atom. The van der Waals surface area contributed by atoms with Crippen molar-refractivity contribution in [3.63, 3.8) is 0 Å². The molecule has 2 nitrogen and oxygen atoms in total. The molecule has 140 valence electrons. The van der Waals surface area contributed by atoms with E-state index < -0.39 is 0 Å². The number of hydrogen-bond acceptors (Lipinski definition) is 1. The van der Waals surface area contributed by atoms with Crippen molar-refractivity contribution in [2.75, 3.05) is 0 Å². The van der Waals surface area contributed by atoms with Gasteiger partial charge in [0, 0.05) is 47.2 Å². The van der Waals surface area contributed by atoms with Gasteiger partial charge in [-0.15, -0.1) is 17.7 Å². The molecule has 1 aromatic heterocycles. The zero-order valence-corrected chi connectivity index (χ0v) is 23.2. The van der Waals surface area contributed by atoms with Gasteiger partial charge in [-0.2, -0.15) is 24.3 Å². The first kappa shape index (κ1) is 29.0. The van der Waals surface area contributed by atoms with Crippen LogP contribution in [0.15, 0.2) is 67.0 Å². The van der Waals surface area contributed by atoms with Crippen LogP contribution in [-0.2, 0) is 72.5 Å². The third-order valence-corrected chi connectivity index (χ3v) is 4.31. The zero-order chi connectivity index (χ0) is 17.9. The molecule has 0 aliphatic rings. The molecule has 4 rings (SSSR count). The van der Waals surface area contributed by atoms with Crippen molar-refractivity contribution < 1.29 is 70.0 Å². The topological polar surface area (TPSA) is 16.8 Å². The quantitative estimate of drug-likeness (QED) is 0.214. The van der Waals surface area contributed by atoms with Crippen LogP contribution in [0.2, 0.25) is 0 Å². The van der Waals surface area contributed by atoms with E-state index in [-0.39, 0.29) is 81.3 Å². The van der Waals surface area contributed by atoms with Crippen LogP contribution in [-0.4, -0.2) is 13.4 Å². The minimum absolute atomic E-state index is 0. The van der Waals surface area contributed by atoms with Crippen LogP contribution in [0.5, 0.6) is 0 Å². The molecule has 0 unspecified atom stereocenters. The van der Waals surface area contributed by atoms with E-state index in [1.165, 1.54) is 0 Å². The maximum atomic E-state index is 4.52. The van der Waals surface area contributed by atoms with Gasteiger partial charge in [0.05, 0.1) is 13.2 Å². The number of benzene rings is 3. The smallest absolute Gasteiger partial charge is 0.358 e. The molecule has 0 atom stereocenters. The molecule has 4 radical (unpaired) electrons. The molecular weight excluding hydrogens is 517 g/mol. The van der Waals surface area contributed by atoms with Crippen LogP contribution >= 0.6 is 0 Å². The number of rotatable bonds is 3. The summed E-state index contributed by atoms with van der Waals surface area (Å²) >= 11 is 0. The molecule has 5 heteroatoms. The number of hydrogen-bond donors (Lipinski definition) is 0. The monoisotopic (exact) mass is 537 g/mol. The first-order valence-corrected chi connectivity index (χ1v) is 8.48. The Balaban J connectivity index is 0.00000210. The second-order valence-electron chi connectivity index (χ2n) is 6.15. The van der Waals surface area contributed by atoms with Crippen LogP contribution in [0.1, 0.15) is 5.56 Å². The van der Waals surface area contributed by atoms with E-state index in [1.807, 2.05) is 66.5 Å². The molecular formula is C25H20BN2Y2-. The van der Waals surface area contributed by atoms with Crippen molar-refractivity contribution in [3.8, 4) is 33.6 Å². The summed E-state index contributed by atoms with van der Waals surface area (Å²) in [4.78, 5) is 4.52. The standard InChI is InChI=1S/C24H17N2.CH3.B.2Y/c1-18-12-13-22(17-23(18)24-25-14-7-15-26(24)2)21-11-6-10-20(16-21)19-8-4-3-5-9-19;;;;/h3-8,11-15H,1-2H3;1H3;;;/q-3;-1;;;+3. The number of aryl methyl sites for hydroxylation is 2. The zero-order valence-electron chi connectivity index (χ0n) is 17.5. The molecule has 0 aliphatic carbocycles. The molecule has 1 heterocycles. The van der Waals surface area contributed by atoms with Crippen molar-refractivity contribution in [2.24, 2.45) is 7.05 Å². The molecule has 0 amide bonds. The van der Waals surface area contributed by atoms with Gasteiger partial charge >= 0.3 is 32.7 Å². The average Bonchev–Trinajstić information content (AvgIpc) is 2.70. The maximum absolute atomic E-state index is 4.52. The molecule has 30 heavy (non-hydrogen) atoms. The summed E-state index contributed by atoms with van der Waals surface area (Å²) in [5.41, 5.74) is 6.00. The summed E-state index contributed by atoms with van der Waals surface area (Å²) in [6.07, 6.45) is 3.80. The normalized spacial score (nSPS) is 9.27. The summed E-state index contributed by atoms with van der Waals surface area (Å²) in [5.74, 6) is 0.894. The maximum Gasteiger partial charge on any atom is 3.00 e. The van der Waals surface area contributed by atoms with Gasteiger partial charge in [0.2, 0.25) is 0 Å². The Hall–Kier alpha value is -0.987. The van der Waals surface area contributed by atoms with Crippen molar-refractivity contribution in [2.45, 2.75) is 6.92 Å². The molecule has 0 saturated heterocycles. The fourth-order valence-electron chi connectivity index (χ4n) is 2.91. The van der Waals surface area contributed by atoms with Crippen LogP contribution in [0.25, 0.3) is 33.6 Å². The Labute approximate surface area is 232 Å². The Bertz CT molecular complexity index is 1070. The largest absolute Gasteiger partial charge is 3.00 e. The summed E-state index contributed by atoms with van der Waals surface area (Å²) in [5, 5.41) is 0. The number of nitrogens with zero attached hydrogens (tertiary/aromatic N) is 2. The Kier molecular flexibility index (Phi) is 13.0. The summed E-state index contributed by atoms with van der Waals surface area (Å²) < 4.78 is 2.01. The van der Waals surface area contributed by atoms with E-state index in [1.54, 1.807) is 0 Å². The Morgan fingerprint density at radius 3 is 2.33 bits per heavy atom. The number of aromatic nitrogens is 2. The first-order chi connectivity index (χ1) is 12.7. The SMILES string of the molecule is Cc1ccc(-c2[c-]c(-c3[c-]cccc3)[c-]cc2)[c-]c1-c1nccc[n+]1C.[B].[CH3-].[Y+3].[Y]. The Morgan fingerprint density at radius 2 is 1.63 bits per heavy atom. The van der Waals surface area contributed by atoms with Gasteiger partial charge in [0.25, 0.3) is 5.82 Å². The van der Waals surface area contributed by atoms with Gasteiger partial charge in [-0.1, -0.05) is 11.9 Å². The van der Waals surface area contributed by atoms with Gasteiger partial charge in [-0.25, -0.2) is 24.3 Å². The third-order valence-electron chi connectivity index (χ3n) is 4.31. The summed E-state index contributed by atoms with van der Waals surface area (Å²) in [6.45, 7) is 2.08. The van der Waals surface area contributed by atoms with Gasteiger partial charge in [-0.05, 0) is 5.56 Å². The van der Waals surface area contributed by atoms with Crippen molar-refractivity contribution >= 4 is 8.41 Å². The van der Waals surface area contributed by atoms with E-state index in [0.717, 1.165) is 39.2 Å². The van der Waals surface area contributed by atoms with E-state index in [2.05, 4.69) is 48.3 Å². The van der Waals surface area contributed by atoms with E-state index >= 15 is 0 Å². The van der Waals surface area contributed by atoms with Crippen LogP contribution in [0, 0.1) is 38.6 Å². The second-order valence-corrected chi connectivity index (χ2v) is 6.15. The van der Waals surface area contributed by atoms with Crippen molar-refractivity contribution in [1.82, 2.24) is 4.98 Å². The summed E-state index contributed by atoms with van der Waals surface area (Å²) in [7, 11) is 2.00. The predicted molar refractivity (Wildman–Crippen MR) is 114 cm³/mol. The minimum Gasteiger partial charge on any atom is -0.358 e. The minimum atomic E-state index is 0. The van der Waals surface area contributed by atoms with Gasteiger partial charge < -0.3 is 19.1 Å². The molecule has 0 aliphatic heterocycles. The molecule has 0 fully saturated rings. The fraction of sp³-hybridized carbons (Fsp3) is 0.0800. The predicted octanol–water partition coefficient (Wildman–Crippen LogP) is 4.48. The van der Waals surface area contributed by atoms with E-state index in [9.17, 15) is 0 Å². The van der Waals surface area contributed by atoms with E-state index in [4.69, 9.17) is 0 Å². The van der Waals surface area contributed by atoms with Crippen molar-refractivity contribution in [1.29, 1.82) is 0 Å². The molecule has 0 spiro atoms. The molecule has 0 bridgehead atoms. The molecule has 0 saturated carbocycles. The molecule has 4 aromatic rings. The van der Waals surface area contributed by atoms with Crippen molar-refractivity contribution in [3.05, 3.63) is 104 Å². The van der Waals surface area contributed by atoms with Gasteiger partial charge in [0.1, 0.15) is 6.20 Å². The van der Waals surface area contributed by atoms with Gasteiger partial charge in [-0.3, -0.25) is 27.3 Å². The van der Waals surface area contributed by atoms with Crippen LogP contribution in [0.3, 0.4) is 0 Å². The average molecular weight is 537 g/mol. The van der Waals surface area contributed by atoms with Crippen LogP contribution in [0.4, 0.5) is 0 Å². The second kappa shape index (κ2) is 13.4. The van der Waals surface area contributed by atoms with Crippen LogP contribution < -0.4 is 4.57 Å². The van der Waals surface area contributed by atoms with Gasteiger partial charge in [0.15, 0.2) is 0 Å². The third kappa shape index (κ3) is 6.50. The fourth-order valence-corrected chi connectivity index (χ4v) is 2.91. The molecule has 3 aromatic carbocycles.